The number of likely N-dealkylation sites (tertiary alicyclic amines) is 1. The van der Waals surface area contributed by atoms with Crippen molar-refractivity contribution in [1.82, 2.24) is 20.0 Å². The number of nitrogens with zero attached hydrogens (tertiary/aromatic N) is 3. The molecule has 2 aliphatic heterocycles. The number of hydrogen-bond donors (Lipinski definition) is 1. The molecule has 2 aromatic rings. The summed E-state index contributed by atoms with van der Waals surface area (Å²) in [6.07, 6.45) is 5.82. The number of H-pyrrole nitrogens is 1. The molecule has 2 aliphatic rings. The summed E-state index contributed by atoms with van der Waals surface area (Å²) >= 11 is 0. The van der Waals surface area contributed by atoms with E-state index >= 15 is 0 Å². The monoisotopic (exact) mass is 400 g/mol. The number of amides is 1. The Morgan fingerprint density at radius 2 is 2.03 bits per heavy atom. The molecule has 1 N–H and O–H groups in total. The first-order chi connectivity index (χ1) is 14.2. The maximum Gasteiger partial charge on any atom is 0.271 e. The van der Waals surface area contributed by atoms with Crippen LogP contribution in [0.15, 0.2) is 36.5 Å². The molecule has 0 radical (unpaired) electrons. The van der Waals surface area contributed by atoms with Crippen molar-refractivity contribution < 1.29 is 13.9 Å². The molecule has 0 bridgehead atoms. The molecular weight excluding hydrogens is 371 g/mol. The fourth-order valence-electron chi connectivity index (χ4n) is 4.33. The molecule has 6 nitrogen and oxygen atoms in total. The van der Waals surface area contributed by atoms with Gasteiger partial charge in [-0.3, -0.25) is 14.8 Å². The van der Waals surface area contributed by atoms with Crippen molar-refractivity contribution in [1.29, 1.82) is 0 Å². The van der Waals surface area contributed by atoms with Crippen LogP contribution >= 0.6 is 0 Å². The van der Waals surface area contributed by atoms with E-state index in [1.807, 2.05) is 17.0 Å². The molecule has 1 atom stereocenters. The van der Waals surface area contributed by atoms with Gasteiger partial charge in [0.2, 0.25) is 0 Å². The summed E-state index contributed by atoms with van der Waals surface area (Å²) in [6.45, 7) is 4.63. The number of carbonyl (C=O) groups excluding carboxylic acids is 1. The third kappa shape index (κ3) is 5.22. The minimum atomic E-state index is -0.137. The van der Waals surface area contributed by atoms with E-state index in [2.05, 4.69) is 15.1 Å². The summed E-state index contributed by atoms with van der Waals surface area (Å²) in [6, 6.07) is 8.71. The van der Waals surface area contributed by atoms with Crippen LogP contribution in [0.25, 0.3) is 0 Å². The Balaban J connectivity index is 1.33. The van der Waals surface area contributed by atoms with Crippen molar-refractivity contribution in [2.45, 2.75) is 38.3 Å². The van der Waals surface area contributed by atoms with Gasteiger partial charge in [0.1, 0.15) is 11.5 Å². The van der Waals surface area contributed by atoms with E-state index < -0.39 is 0 Å². The molecule has 1 aromatic carbocycles. The number of aromatic nitrogens is 2. The lowest BCUT2D eigenvalue weighted by atomic mass is 9.95. The third-order valence-corrected chi connectivity index (χ3v) is 6.00. The second kappa shape index (κ2) is 9.50. The molecule has 0 unspecified atom stereocenters. The molecule has 0 saturated carbocycles. The number of halogens is 1. The highest BCUT2D eigenvalue weighted by atomic mass is 19.1. The van der Waals surface area contributed by atoms with Gasteiger partial charge in [-0.1, -0.05) is 18.2 Å². The molecule has 4 rings (SSSR count). The summed E-state index contributed by atoms with van der Waals surface area (Å²) in [5, 5.41) is 6.71. The minimum absolute atomic E-state index is 0.00761. The van der Waals surface area contributed by atoms with E-state index in [0.717, 1.165) is 57.5 Å². The van der Waals surface area contributed by atoms with Crippen molar-refractivity contribution in [3.8, 4) is 0 Å². The lowest BCUT2D eigenvalue weighted by Crippen LogP contribution is -2.43. The Kier molecular flexibility index (Phi) is 6.56. The van der Waals surface area contributed by atoms with Crippen LogP contribution in [0.2, 0.25) is 0 Å². The number of benzene rings is 1. The van der Waals surface area contributed by atoms with Gasteiger partial charge >= 0.3 is 0 Å². The largest absolute Gasteiger partial charge is 0.376 e. The van der Waals surface area contributed by atoms with Crippen molar-refractivity contribution in [2.75, 3.05) is 32.8 Å². The van der Waals surface area contributed by atoms with Crippen LogP contribution in [-0.2, 0) is 11.3 Å². The summed E-state index contributed by atoms with van der Waals surface area (Å²) in [4.78, 5) is 17.2. The van der Waals surface area contributed by atoms with E-state index in [-0.39, 0.29) is 17.8 Å². The molecule has 29 heavy (non-hydrogen) atoms. The van der Waals surface area contributed by atoms with Crippen LogP contribution in [0.5, 0.6) is 0 Å². The predicted octanol–water partition coefficient (Wildman–Crippen LogP) is 3.08. The van der Waals surface area contributed by atoms with Crippen LogP contribution in [0.3, 0.4) is 0 Å². The second-order valence-corrected chi connectivity index (χ2v) is 8.13. The number of rotatable bonds is 7. The Morgan fingerprint density at radius 3 is 2.72 bits per heavy atom. The molecule has 1 amide bonds. The summed E-state index contributed by atoms with van der Waals surface area (Å²) < 4.78 is 19.7. The van der Waals surface area contributed by atoms with Gasteiger partial charge in [-0.15, -0.1) is 0 Å². The van der Waals surface area contributed by atoms with E-state index in [4.69, 9.17) is 4.74 Å². The van der Waals surface area contributed by atoms with Crippen LogP contribution in [-0.4, -0.2) is 64.8 Å². The van der Waals surface area contributed by atoms with Gasteiger partial charge in [0.25, 0.3) is 5.91 Å². The van der Waals surface area contributed by atoms with Gasteiger partial charge < -0.3 is 9.64 Å². The molecule has 2 fully saturated rings. The standard InChI is InChI=1S/C22H29FN4O2/c23-20-6-2-1-4-18(20)15-26-11-8-17(9-12-26)14-27(16-19-5-3-13-29-19)22(28)21-7-10-24-25-21/h1-2,4,6-7,10,17,19H,3,5,8-9,11-16H2,(H,24,25)/t19-/m1/s1. The van der Waals surface area contributed by atoms with Gasteiger partial charge in [-0.2, -0.15) is 5.10 Å². The zero-order valence-corrected chi connectivity index (χ0v) is 16.7. The van der Waals surface area contributed by atoms with Crippen molar-refractivity contribution in [2.24, 2.45) is 5.92 Å². The number of piperidine rings is 1. The lowest BCUT2D eigenvalue weighted by Gasteiger charge is -2.35. The molecule has 3 heterocycles. The Morgan fingerprint density at radius 1 is 1.21 bits per heavy atom. The highest BCUT2D eigenvalue weighted by molar-refractivity contribution is 5.92. The van der Waals surface area contributed by atoms with E-state index in [1.165, 1.54) is 6.07 Å². The Labute approximate surface area is 171 Å². The first-order valence-corrected chi connectivity index (χ1v) is 10.5. The average Bonchev–Trinajstić information content (AvgIpc) is 3.44. The summed E-state index contributed by atoms with van der Waals surface area (Å²) in [5.41, 5.74) is 1.28. The maximum atomic E-state index is 13.9. The van der Waals surface area contributed by atoms with Crippen LogP contribution in [0.4, 0.5) is 4.39 Å². The fraction of sp³-hybridized carbons (Fsp3) is 0.545. The van der Waals surface area contributed by atoms with Crippen molar-refractivity contribution in [3.05, 3.63) is 53.6 Å². The van der Waals surface area contributed by atoms with Crippen LogP contribution < -0.4 is 0 Å². The normalized spacial score (nSPS) is 20.8. The molecular formula is C22H29FN4O2. The SMILES string of the molecule is O=C(c1ccn[nH]1)N(CC1CCN(Cc2ccccc2F)CC1)C[C@H]1CCCO1. The molecule has 156 valence electrons. The second-order valence-electron chi connectivity index (χ2n) is 8.13. The summed E-state index contributed by atoms with van der Waals surface area (Å²) in [7, 11) is 0. The number of carbonyl (C=O) groups is 1. The smallest absolute Gasteiger partial charge is 0.271 e. The van der Waals surface area contributed by atoms with E-state index in [0.29, 0.717) is 24.7 Å². The topological polar surface area (TPSA) is 61.5 Å². The predicted molar refractivity (Wildman–Crippen MR) is 108 cm³/mol. The highest BCUT2D eigenvalue weighted by Crippen LogP contribution is 2.23. The molecule has 1 aromatic heterocycles. The summed E-state index contributed by atoms with van der Waals surface area (Å²) in [5.74, 6) is 0.300. The highest BCUT2D eigenvalue weighted by Gasteiger charge is 2.28. The zero-order valence-electron chi connectivity index (χ0n) is 16.7. The van der Waals surface area contributed by atoms with Gasteiger partial charge in [-0.25, -0.2) is 4.39 Å². The Bertz CT molecular complexity index is 784. The van der Waals surface area contributed by atoms with Gasteiger partial charge in [0, 0.05) is 38.0 Å². The van der Waals surface area contributed by atoms with Crippen LogP contribution in [0, 0.1) is 11.7 Å². The van der Waals surface area contributed by atoms with Crippen LogP contribution in [0.1, 0.15) is 41.7 Å². The van der Waals surface area contributed by atoms with Crippen molar-refractivity contribution >= 4 is 5.91 Å². The quantitative estimate of drug-likeness (QED) is 0.776. The first-order valence-electron chi connectivity index (χ1n) is 10.5. The first kappa shape index (κ1) is 20.0. The fourth-order valence-corrected chi connectivity index (χ4v) is 4.33. The molecule has 2 saturated heterocycles. The average molecular weight is 400 g/mol. The molecule has 7 heteroatoms. The molecule has 0 spiro atoms. The van der Waals surface area contributed by atoms with Gasteiger partial charge in [0.15, 0.2) is 0 Å². The zero-order chi connectivity index (χ0) is 20.1. The number of nitrogens with one attached hydrogen (secondary N) is 1. The van der Waals surface area contributed by atoms with E-state index in [9.17, 15) is 9.18 Å². The Hall–Kier alpha value is -2.25. The van der Waals surface area contributed by atoms with E-state index in [1.54, 1.807) is 18.3 Å². The number of aromatic amines is 1. The van der Waals surface area contributed by atoms with Gasteiger partial charge in [0.05, 0.1) is 6.10 Å². The molecule has 0 aliphatic carbocycles. The van der Waals surface area contributed by atoms with Crippen molar-refractivity contribution in [3.63, 3.8) is 0 Å². The minimum Gasteiger partial charge on any atom is -0.376 e. The number of hydrogen-bond acceptors (Lipinski definition) is 4. The number of ether oxygens (including phenoxy) is 1. The maximum absolute atomic E-state index is 13.9. The lowest BCUT2D eigenvalue weighted by molar-refractivity contribution is 0.0440. The third-order valence-electron chi connectivity index (χ3n) is 6.00. The van der Waals surface area contributed by atoms with Gasteiger partial charge in [-0.05, 0) is 56.8 Å².